The van der Waals surface area contributed by atoms with Gasteiger partial charge in [-0.2, -0.15) is 0 Å². The van der Waals surface area contributed by atoms with Gasteiger partial charge in [0, 0.05) is 19.7 Å². The highest BCUT2D eigenvalue weighted by Crippen LogP contribution is 2.32. The molecule has 0 unspecified atom stereocenters. The minimum Gasteiger partial charge on any atom is -0.486 e. The van der Waals surface area contributed by atoms with Gasteiger partial charge in [0.2, 0.25) is 10.0 Å². The van der Waals surface area contributed by atoms with Crippen molar-refractivity contribution < 1.29 is 17.9 Å². The van der Waals surface area contributed by atoms with Crippen LogP contribution < -0.4 is 14.8 Å². The van der Waals surface area contributed by atoms with Crippen molar-refractivity contribution in [3.63, 3.8) is 0 Å². The molecule has 2 rings (SSSR count). The molecule has 1 N–H and O–H groups in total. The van der Waals surface area contributed by atoms with Crippen LogP contribution in [0, 0.1) is 0 Å². The van der Waals surface area contributed by atoms with Crippen LogP contribution >= 0.6 is 0 Å². The summed E-state index contributed by atoms with van der Waals surface area (Å²) < 4.78 is 37.0. The van der Waals surface area contributed by atoms with Gasteiger partial charge >= 0.3 is 0 Å². The van der Waals surface area contributed by atoms with Crippen LogP contribution in [0.15, 0.2) is 23.1 Å². The maximum atomic E-state index is 12.4. The Kier molecular flexibility index (Phi) is 4.85. The van der Waals surface area contributed by atoms with Crippen LogP contribution in [0.1, 0.15) is 6.42 Å². The summed E-state index contributed by atoms with van der Waals surface area (Å²) in [5.74, 6) is 1.08. The first-order valence-corrected chi connectivity index (χ1v) is 8.00. The summed E-state index contributed by atoms with van der Waals surface area (Å²) in [6.45, 7) is 2.18. The molecule has 0 spiro atoms. The Morgan fingerprint density at radius 1 is 1.25 bits per heavy atom. The second-order valence-corrected chi connectivity index (χ2v) is 6.63. The fraction of sp³-hybridized carbons (Fsp3) is 0.538. The van der Waals surface area contributed by atoms with Crippen molar-refractivity contribution >= 4 is 10.0 Å². The highest BCUT2D eigenvalue weighted by atomic mass is 32.2. The van der Waals surface area contributed by atoms with Gasteiger partial charge in [0.15, 0.2) is 11.5 Å². The molecular formula is C13H20N2O4S. The van der Waals surface area contributed by atoms with Crippen molar-refractivity contribution in [1.29, 1.82) is 0 Å². The smallest absolute Gasteiger partial charge is 0.242 e. The van der Waals surface area contributed by atoms with Crippen LogP contribution in [0.4, 0.5) is 0 Å². The predicted octanol–water partition coefficient (Wildman–Crippen LogP) is 0.688. The average molecular weight is 300 g/mol. The highest BCUT2D eigenvalue weighted by Gasteiger charge is 2.23. The lowest BCUT2D eigenvalue weighted by Gasteiger charge is -2.21. The van der Waals surface area contributed by atoms with Crippen LogP contribution in [-0.4, -0.2) is 53.1 Å². The largest absolute Gasteiger partial charge is 0.486 e. The average Bonchev–Trinajstić information content (AvgIpc) is 2.46. The maximum Gasteiger partial charge on any atom is 0.242 e. The second kappa shape index (κ2) is 6.43. The fourth-order valence-corrected chi connectivity index (χ4v) is 3.19. The van der Waals surface area contributed by atoms with E-state index >= 15 is 0 Å². The molecule has 1 aromatic rings. The topological polar surface area (TPSA) is 67.9 Å². The zero-order valence-electron chi connectivity index (χ0n) is 11.8. The van der Waals surface area contributed by atoms with Crippen LogP contribution in [0.5, 0.6) is 11.5 Å². The molecule has 0 saturated heterocycles. The van der Waals surface area contributed by atoms with E-state index in [9.17, 15) is 8.42 Å². The van der Waals surface area contributed by atoms with Gasteiger partial charge in [-0.3, -0.25) is 0 Å². The molecule has 1 aromatic carbocycles. The van der Waals surface area contributed by atoms with E-state index in [1.807, 2.05) is 7.05 Å². The zero-order valence-corrected chi connectivity index (χ0v) is 12.6. The minimum absolute atomic E-state index is 0.230. The molecule has 0 radical (unpaired) electrons. The maximum absolute atomic E-state index is 12.4. The fourth-order valence-electron chi connectivity index (χ4n) is 1.96. The van der Waals surface area contributed by atoms with Crippen LogP contribution in [0.3, 0.4) is 0 Å². The first kappa shape index (κ1) is 15.1. The molecule has 0 atom stereocenters. The molecule has 1 aliphatic heterocycles. The van der Waals surface area contributed by atoms with Gasteiger partial charge in [-0.15, -0.1) is 0 Å². The van der Waals surface area contributed by atoms with E-state index in [0.717, 1.165) is 13.0 Å². The van der Waals surface area contributed by atoms with Crippen LogP contribution in [0.2, 0.25) is 0 Å². The third-order valence-electron chi connectivity index (χ3n) is 3.12. The second-order valence-electron chi connectivity index (χ2n) is 4.59. The predicted molar refractivity (Wildman–Crippen MR) is 75.8 cm³/mol. The van der Waals surface area contributed by atoms with Crippen molar-refractivity contribution in [1.82, 2.24) is 9.62 Å². The molecule has 0 bridgehead atoms. The minimum atomic E-state index is -3.48. The van der Waals surface area contributed by atoms with Crippen LogP contribution in [0.25, 0.3) is 0 Å². The zero-order chi connectivity index (χ0) is 14.6. The Hall–Kier alpha value is -1.31. The van der Waals surface area contributed by atoms with Gasteiger partial charge in [-0.05, 0) is 32.1 Å². The van der Waals surface area contributed by atoms with E-state index in [1.165, 1.54) is 10.4 Å². The lowest BCUT2D eigenvalue weighted by molar-refractivity contribution is 0.171. The summed E-state index contributed by atoms with van der Waals surface area (Å²) >= 11 is 0. The Balaban J connectivity index is 2.16. The van der Waals surface area contributed by atoms with Crippen molar-refractivity contribution in [3.05, 3.63) is 18.2 Å². The molecule has 112 valence electrons. The molecule has 0 amide bonds. The van der Waals surface area contributed by atoms with Gasteiger partial charge in [0.1, 0.15) is 13.2 Å². The van der Waals surface area contributed by atoms with Gasteiger partial charge in [-0.25, -0.2) is 12.7 Å². The van der Waals surface area contributed by atoms with Crippen molar-refractivity contribution in [2.75, 3.05) is 40.4 Å². The number of fused-ring (bicyclic) bond motifs is 1. The first-order valence-electron chi connectivity index (χ1n) is 6.56. The molecule has 1 heterocycles. The summed E-state index contributed by atoms with van der Waals surface area (Å²) in [7, 11) is -0.0552. The van der Waals surface area contributed by atoms with Crippen molar-refractivity contribution in [2.24, 2.45) is 0 Å². The number of sulfonamides is 1. The number of hydrogen-bond donors (Lipinski definition) is 1. The third kappa shape index (κ3) is 3.23. The number of rotatable bonds is 6. The Labute approximate surface area is 119 Å². The van der Waals surface area contributed by atoms with Gasteiger partial charge < -0.3 is 14.8 Å². The molecular weight excluding hydrogens is 280 g/mol. The molecule has 0 saturated carbocycles. The standard InChI is InChI=1S/C13H20N2O4S/c1-14-6-3-7-15(2)20(16,17)11-4-5-12-13(10-11)19-9-8-18-12/h4-5,10,14H,3,6-9H2,1-2H3. The number of nitrogens with one attached hydrogen (secondary N) is 1. The number of ether oxygens (including phenoxy) is 2. The van der Waals surface area contributed by atoms with Crippen LogP contribution in [-0.2, 0) is 10.0 Å². The third-order valence-corrected chi connectivity index (χ3v) is 4.97. The monoisotopic (exact) mass is 300 g/mol. The molecule has 0 fully saturated rings. The lowest BCUT2D eigenvalue weighted by Crippen LogP contribution is -2.29. The van der Waals surface area contributed by atoms with E-state index in [-0.39, 0.29) is 4.90 Å². The van der Waals surface area contributed by atoms with Gasteiger partial charge in [0.25, 0.3) is 0 Å². The van der Waals surface area contributed by atoms with Crippen molar-refractivity contribution in [2.45, 2.75) is 11.3 Å². The molecule has 1 aliphatic rings. The Morgan fingerprint density at radius 2 is 1.95 bits per heavy atom. The molecule has 0 aromatic heterocycles. The quantitative estimate of drug-likeness (QED) is 0.783. The molecule has 6 nitrogen and oxygen atoms in total. The van der Waals surface area contributed by atoms with Gasteiger partial charge in [-0.1, -0.05) is 0 Å². The summed E-state index contributed by atoms with van der Waals surface area (Å²) in [5, 5.41) is 3.00. The summed E-state index contributed by atoms with van der Waals surface area (Å²) in [6.07, 6.45) is 0.761. The molecule has 0 aliphatic carbocycles. The molecule has 7 heteroatoms. The molecule has 20 heavy (non-hydrogen) atoms. The van der Waals surface area contributed by atoms with E-state index in [0.29, 0.717) is 31.3 Å². The SMILES string of the molecule is CNCCCN(C)S(=O)(=O)c1ccc2c(c1)OCCO2. The lowest BCUT2D eigenvalue weighted by atomic mass is 10.3. The van der Waals surface area contributed by atoms with E-state index in [1.54, 1.807) is 19.2 Å². The summed E-state index contributed by atoms with van der Waals surface area (Å²) in [6, 6.07) is 4.72. The normalized spacial score (nSPS) is 14.6. The summed E-state index contributed by atoms with van der Waals surface area (Å²) in [4.78, 5) is 0.230. The highest BCUT2D eigenvalue weighted by molar-refractivity contribution is 7.89. The van der Waals surface area contributed by atoms with E-state index in [2.05, 4.69) is 5.32 Å². The van der Waals surface area contributed by atoms with E-state index < -0.39 is 10.0 Å². The Morgan fingerprint density at radius 3 is 2.65 bits per heavy atom. The van der Waals surface area contributed by atoms with E-state index in [4.69, 9.17) is 9.47 Å². The Bertz CT molecular complexity index is 559. The first-order chi connectivity index (χ1) is 9.55. The summed E-state index contributed by atoms with van der Waals surface area (Å²) in [5.41, 5.74) is 0. The van der Waals surface area contributed by atoms with Gasteiger partial charge in [0.05, 0.1) is 4.90 Å². The number of nitrogens with zero attached hydrogens (tertiary/aromatic N) is 1. The number of hydrogen-bond acceptors (Lipinski definition) is 5. The number of benzene rings is 1. The van der Waals surface area contributed by atoms with Crippen molar-refractivity contribution in [3.8, 4) is 11.5 Å².